The highest BCUT2D eigenvalue weighted by Gasteiger charge is 2.05. The van der Waals surface area contributed by atoms with Gasteiger partial charge in [-0.25, -0.2) is 4.98 Å². The second kappa shape index (κ2) is 6.78. The average Bonchev–Trinajstić information content (AvgIpc) is 2.39. The van der Waals surface area contributed by atoms with Crippen molar-refractivity contribution in [2.24, 2.45) is 0 Å². The summed E-state index contributed by atoms with van der Waals surface area (Å²) in [5, 5.41) is 0.411. The van der Waals surface area contributed by atoms with Crippen LogP contribution in [0.1, 0.15) is 19.2 Å². The molecule has 19 heavy (non-hydrogen) atoms. The van der Waals surface area contributed by atoms with Gasteiger partial charge in [-0.1, -0.05) is 18.5 Å². The predicted octanol–water partition coefficient (Wildman–Crippen LogP) is 4.60. The van der Waals surface area contributed by atoms with Crippen LogP contribution in [0.4, 0.5) is 0 Å². The molecule has 0 unspecified atom stereocenters. The van der Waals surface area contributed by atoms with E-state index in [1.165, 1.54) is 4.90 Å². The van der Waals surface area contributed by atoms with Crippen LogP contribution in [0.2, 0.25) is 5.15 Å². The van der Waals surface area contributed by atoms with Crippen molar-refractivity contribution in [3.8, 4) is 11.6 Å². The van der Waals surface area contributed by atoms with Crippen LogP contribution in [0, 0.1) is 0 Å². The Kier molecular flexibility index (Phi) is 5.05. The summed E-state index contributed by atoms with van der Waals surface area (Å²) in [6.45, 7) is 2.08. The summed E-state index contributed by atoms with van der Waals surface area (Å²) in [5.41, 5.74) is 0. The fourth-order valence-electron chi connectivity index (χ4n) is 1.59. The highest BCUT2D eigenvalue weighted by atomic mass is 35.5. The van der Waals surface area contributed by atoms with Gasteiger partial charge in [0, 0.05) is 17.4 Å². The summed E-state index contributed by atoms with van der Waals surface area (Å²) in [6.07, 6.45) is 3.81. The Morgan fingerprint density at radius 1 is 1.21 bits per heavy atom. The van der Waals surface area contributed by atoms with Gasteiger partial charge in [0.2, 0.25) is 5.88 Å². The van der Waals surface area contributed by atoms with Crippen LogP contribution in [-0.2, 0) is 6.42 Å². The quantitative estimate of drug-likeness (QED) is 0.596. The van der Waals surface area contributed by atoms with Crippen LogP contribution in [0.5, 0.6) is 11.6 Å². The number of aromatic nitrogens is 2. The second-order valence-electron chi connectivity index (χ2n) is 3.97. The van der Waals surface area contributed by atoms with E-state index in [9.17, 15) is 0 Å². The first-order chi connectivity index (χ1) is 9.21. The molecule has 0 aliphatic carbocycles. The number of nitrogens with zero attached hydrogens (tertiary/aromatic N) is 2. The highest BCUT2D eigenvalue weighted by molar-refractivity contribution is 7.98. The van der Waals surface area contributed by atoms with Crippen molar-refractivity contribution in [1.29, 1.82) is 0 Å². The van der Waals surface area contributed by atoms with Gasteiger partial charge >= 0.3 is 0 Å². The summed E-state index contributed by atoms with van der Waals surface area (Å²) in [5.74, 6) is 1.95. The molecular formula is C14H15ClN2OS. The minimum Gasteiger partial charge on any atom is -0.439 e. The number of aryl methyl sites for hydroxylation is 1. The maximum atomic E-state index is 5.97. The van der Waals surface area contributed by atoms with Crippen LogP contribution in [0.15, 0.2) is 35.2 Å². The zero-order valence-electron chi connectivity index (χ0n) is 10.9. The number of benzene rings is 1. The van der Waals surface area contributed by atoms with Crippen LogP contribution in [-0.4, -0.2) is 16.2 Å². The van der Waals surface area contributed by atoms with Crippen molar-refractivity contribution in [2.75, 3.05) is 6.26 Å². The zero-order valence-corrected chi connectivity index (χ0v) is 12.5. The summed E-state index contributed by atoms with van der Waals surface area (Å²) in [7, 11) is 0. The Balaban J connectivity index is 2.17. The van der Waals surface area contributed by atoms with E-state index in [0.717, 1.165) is 18.6 Å². The minimum atomic E-state index is 0.411. The molecule has 100 valence electrons. The lowest BCUT2D eigenvalue weighted by Gasteiger charge is -2.07. The average molecular weight is 295 g/mol. The maximum Gasteiger partial charge on any atom is 0.224 e. The molecule has 3 nitrogen and oxygen atoms in total. The molecule has 1 heterocycles. The summed E-state index contributed by atoms with van der Waals surface area (Å²) in [4.78, 5) is 9.70. The van der Waals surface area contributed by atoms with E-state index in [0.29, 0.717) is 16.9 Å². The molecule has 0 radical (unpaired) electrons. The molecule has 2 rings (SSSR count). The lowest BCUT2D eigenvalue weighted by atomic mass is 10.3. The topological polar surface area (TPSA) is 35.0 Å². The van der Waals surface area contributed by atoms with Crippen molar-refractivity contribution in [2.45, 2.75) is 24.7 Å². The van der Waals surface area contributed by atoms with Crippen LogP contribution in [0.3, 0.4) is 0 Å². The lowest BCUT2D eigenvalue weighted by Crippen LogP contribution is -1.97. The standard InChI is InChI=1S/C14H15ClN2OS/c1-3-4-13-16-12(15)9-14(17-13)18-10-5-7-11(19-2)8-6-10/h5-9H,3-4H2,1-2H3. The van der Waals surface area contributed by atoms with Crippen molar-refractivity contribution < 1.29 is 4.74 Å². The number of halogens is 1. The first kappa shape index (κ1) is 14.2. The van der Waals surface area contributed by atoms with E-state index >= 15 is 0 Å². The third kappa shape index (κ3) is 4.11. The molecule has 0 amide bonds. The fraction of sp³-hybridized carbons (Fsp3) is 0.286. The number of hydrogen-bond donors (Lipinski definition) is 0. The summed E-state index contributed by atoms with van der Waals surface area (Å²) >= 11 is 7.66. The van der Waals surface area contributed by atoms with E-state index in [4.69, 9.17) is 16.3 Å². The van der Waals surface area contributed by atoms with Gasteiger partial charge in [0.05, 0.1) is 0 Å². The molecule has 0 saturated heterocycles. The van der Waals surface area contributed by atoms with E-state index in [1.54, 1.807) is 17.8 Å². The normalized spacial score (nSPS) is 10.5. The van der Waals surface area contributed by atoms with Gasteiger partial charge in [-0.15, -0.1) is 11.8 Å². The molecule has 0 spiro atoms. The van der Waals surface area contributed by atoms with Crippen LogP contribution >= 0.6 is 23.4 Å². The Labute approximate surface area is 122 Å². The Bertz CT molecular complexity index is 546. The Morgan fingerprint density at radius 2 is 1.95 bits per heavy atom. The predicted molar refractivity (Wildman–Crippen MR) is 79.3 cm³/mol. The SMILES string of the molecule is CCCc1nc(Cl)cc(Oc2ccc(SC)cc2)n1. The van der Waals surface area contributed by atoms with E-state index < -0.39 is 0 Å². The molecule has 0 N–H and O–H groups in total. The largest absolute Gasteiger partial charge is 0.439 e. The second-order valence-corrected chi connectivity index (χ2v) is 5.24. The fourth-order valence-corrected chi connectivity index (χ4v) is 2.19. The van der Waals surface area contributed by atoms with Crippen molar-refractivity contribution in [1.82, 2.24) is 9.97 Å². The van der Waals surface area contributed by atoms with Gasteiger partial charge in [-0.3, -0.25) is 0 Å². The van der Waals surface area contributed by atoms with E-state index in [2.05, 4.69) is 16.9 Å². The van der Waals surface area contributed by atoms with E-state index in [1.807, 2.05) is 30.5 Å². The minimum absolute atomic E-state index is 0.411. The van der Waals surface area contributed by atoms with Crippen molar-refractivity contribution in [3.63, 3.8) is 0 Å². The monoisotopic (exact) mass is 294 g/mol. The molecule has 0 aliphatic rings. The third-order valence-corrected chi connectivity index (χ3v) is 3.41. The van der Waals surface area contributed by atoms with E-state index in [-0.39, 0.29) is 0 Å². The number of ether oxygens (including phenoxy) is 1. The maximum absolute atomic E-state index is 5.97. The van der Waals surface area contributed by atoms with Crippen molar-refractivity contribution in [3.05, 3.63) is 41.3 Å². The molecule has 0 saturated carbocycles. The number of thioether (sulfide) groups is 1. The van der Waals surface area contributed by atoms with Gasteiger partial charge in [-0.05, 0) is 36.9 Å². The molecule has 5 heteroatoms. The molecular weight excluding hydrogens is 280 g/mol. The molecule has 0 bridgehead atoms. The first-order valence-electron chi connectivity index (χ1n) is 6.06. The van der Waals surface area contributed by atoms with Crippen LogP contribution in [0.25, 0.3) is 0 Å². The number of rotatable bonds is 5. The van der Waals surface area contributed by atoms with Gasteiger partial charge in [0.15, 0.2) is 0 Å². The smallest absolute Gasteiger partial charge is 0.224 e. The van der Waals surface area contributed by atoms with Gasteiger partial charge in [0.25, 0.3) is 0 Å². The highest BCUT2D eigenvalue weighted by Crippen LogP contribution is 2.24. The van der Waals surface area contributed by atoms with Gasteiger partial charge < -0.3 is 4.74 Å². The molecule has 1 aromatic carbocycles. The van der Waals surface area contributed by atoms with Gasteiger partial charge in [-0.2, -0.15) is 4.98 Å². The third-order valence-electron chi connectivity index (χ3n) is 2.47. The molecule has 1 aromatic heterocycles. The van der Waals surface area contributed by atoms with Gasteiger partial charge in [0.1, 0.15) is 16.7 Å². The molecule has 2 aromatic rings. The summed E-state index contributed by atoms with van der Waals surface area (Å²) < 4.78 is 5.70. The molecule has 0 fully saturated rings. The van der Waals surface area contributed by atoms with Crippen molar-refractivity contribution >= 4 is 23.4 Å². The Morgan fingerprint density at radius 3 is 2.58 bits per heavy atom. The molecule has 0 atom stereocenters. The Hall–Kier alpha value is -1.26. The first-order valence-corrected chi connectivity index (χ1v) is 7.67. The zero-order chi connectivity index (χ0) is 13.7. The molecule has 0 aliphatic heterocycles. The number of hydrogen-bond acceptors (Lipinski definition) is 4. The summed E-state index contributed by atoms with van der Waals surface area (Å²) in [6, 6.07) is 9.48. The van der Waals surface area contributed by atoms with Crippen LogP contribution < -0.4 is 4.74 Å². The lowest BCUT2D eigenvalue weighted by molar-refractivity contribution is 0.458.